The van der Waals surface area contributed by atoms with Crippen molar-refractivity contribution in [1.29, 1.82) is 0 Å². The van der Waals surface area contributed by atoms with Gasteiger partial charge in [-0.25, -0.2) is 0 Å². The van der Waals surface area contributed by atoms with E-state index in [1.165, 1.54) is 61.2 Å². The highest BCUT2D eigenvalue weighted by atomic mass is 15.1. The molecule has 0 aromatic heterocycles. The zero-order valence-corrected chi connectivity index (χ0v) is 30.5. The van der Waals surface area contributed by atoms with Gasteiger partial charge in [-0.05, 0) is 97.6 Å². The summed E-state index contributed by atoms with van der Waals surface area (Å²) in [7, 11) is 0. The van der Waals surface area contributed by atoms with Crippen molar-refractivity contribution in [2.24, 2.45) is 0 Å². The van der Waals surface area contributed by atoms with Crippen LogP contribution in [0.4, 0.5) is 17.1 Å². The van der Waals surface area contributed by atoms with E-state index in [0.717, 1.165) is 22.6 Å². The van der Waals surface area contributed by atoms with Gasteiger partial charge in [0.1, 0.15) is 0 Å². The van der Waals surface area contributed by atoms with E-state index in [2.05, 4.69) is 241 Å². The predicted molar refractivity (Wildman–Crippen MR) is 234 cm³/mol. The van der Waals surface area contributed by atoms with Crippen molar-refractivity contribution in [2.75, 3.05) is 4.90 Å². The van der Waals surface area contributed by atoms with E-state index in [1.54, 1.807) is 0 Å². The van der Waals surface area contributed by atoms with Crippen LogP contribution in [0.1, 0.15) is 0 Å². The molecular formula is C54H39N. The fourth-order valence-corrected chi connectivity index (χ4v) is 7.39. The topological polar surface area (TPSA) is 3.24 Å². The molecular weight excluding hydrogens is 663 g/mol. The summed E-state index contributed by atoms with van der Waals surface area (Å²) in [6.07, 6.45) is 0. The van der Waals surface area contributed by atoms with Gasteiger partial charge in [0.15, 0.2) is 0 Å². The van der Waals surface area contributed by atoms with Crippen molar-refractivity contribution in [1.82, 2.24) is 0 Å². The molecule has 55 heavy (non-hydrogen) atoms. The van der Waals surface area contributed by atoms with Crippen LogP contribution in [0.2, 0.25) is 0 Å². The van der Waals surface area contributed by atoms with Crippen molar-refractivity contribution >= 4 is 17.1 Å². The van der Waals surface area contributed by atoms with Gasteiger partial charge in [0.25, 0.3) is 0 Å². The van der Waals surface area contributed by atoms with Gasteiger partial charge in [-0.15, -0.1) is 0 Å². The number of hydrogen-bond acceptors (Lipinski definition) is 1. The van der Waals surface area contributed by atoms with Gasteiger partial charge >= 0.3 is 0 Å². The van der Waals surface area contributed by atoms with Gasteiger partial charge in [-0.2, -0.15) is 0 Å². The molecule has 0 radical (unpaired) electrons. The molecule has 9 rings (SSSR count). The molecule has 260 valence electrons. The molecule has 0 heterocycles. The highest BCUT2D eigenvalue weighted by Crippen LogP contribution is 2.43. The van der Waals surface area contributed by atoms with Crippen LogP contribution in [-0.4, -0.2) is 0 Å². The molecule has 0 aliphatic heterocycles. The largest absolute Gasteiger partial charge is 0.310 e. The summed E-state index contributed by atoms with van der Waals surface area (Å²) in [5, 5.41) is 0. The van der Waals surface area contributed by atoms with Crippen molar-refractivity contribution in [3.8, 4) is 66.8 Å². The maximum atomic E-state index is 2.39. The lowest BCUT2D eigenvalue weighted by molar-refractivity contribution is 1.28. The summed E-state index contributed by atoms with van der Waals surface area (Å²) >= 11 is 0. The monoisotopic (exact) mass is 701 g/mol. The molecule has 0 saturated heterocycles. The SMILES string of the molecule is c1ccc(-c2ccc(-c3ccc(N(c4ccc(-c5ccccc5)cc4)c4ccc(-c5ccc(-c6ccccc6)cc5)cc4-c4ccccc4)cc3)cc2)cc1. The number of rotatable bonds is 9. The molecule has 0 fully saturated rings. The summed E-state index contributed by atoms with van der Waals surface area (Å²) in [6.45, 7) is 0. The fourth-order valence-electron chi connectivity index (χ4n) is 7.39. The molecule has 0 N–H and O–H groups in total. The quantitative estimate of drug-likeness (QED) is 0.145. The van der Waals surface area contributed by atoms with Gasteiger partial charge < -0.3 is 4.90 Å². The lowest BCUT2D eigenvalue weighted by Crippen LogP contribution is -2.11. The summed E-state index contributed by atoms with van der Waals surface area (Å²) < 4.78 is 0. The minimum absolute atomic E-state index is 1.09. The molecule has 0 aliphatic rings. The lowest BCUT2D eigenvalue weighted by Gasteiger charge is -2.29. The first kappa shape index (κ1) is 33.6. The van der Waals surface area contributed by atoms with Crippen LogP contribution in [0.15, 0.2) is 237 Å². The third-order valence-corrected chi connectivity index (χ3v) is 10.3. The minimum Gasteiger partial charge on any atom is -0.310 e. The van der Waals surface area contributed by atoms with Crippen LogP contribution < -0.4 is 4.90 Å². The molecule has 0 spiro atoms. The normalized spacial score (nSPS) is 10.9. The van der Waals surface area contributed by atoms with Gasteiger partial charge in [-0.1, -0.05) is 200 Å². The first-order valence-corrected chi connectivity index (χ1v) is 18.8. The van der Waals surface area contributed by atoms with Gasteiger partial charge in [0.2, 0.25) is 0 Å². The van der Waals surface area contributed by atoms with Gasteiger partial charge in [-0.3, -0.25) is 0 Å². The smallest absolute Gasteiger partial charge is 0.0540 e. The molecule has 0 unspecified atom stereocenters. The summed E-state index contributed by atoms with van der Waals surface area (Å²) in [5.74, 6) is 0. The number of nitrogens with zero attached hydrogens (tertiary/aromatic N) is 1. The standard InChI is InChI=1S/C54H39N/c1-5-13-40(14-6-1)43-21-23-45(24-22-43)47-31-36-52(37-32-47)55(51-34-29-46(30-35-51)42-17-9-3-10-18-42)54-38-33-50(39-53(54)49-19-11-4-12-20-49)48-27-25-44(26-28-48)41-15-7-2-8-16-41/h1-39H. The summed E-state index contributed by atoms with van der Waals surface area (Å²) in [5.41, 5.74) is 17.6. The Morgan fingerprint density at radius 3 is 0.800 bits per heavy atom. The second-order valence-electron chi connectivity index (χ2n) is 13.8. The molecule has 9 aromatic carbocycles. The Morgan fingerprint density at radius 2 is 0.455 bits per heavy atom. The number of benzene rings is 9. The van der Waals surface area contributed by atoms with E-state index in [1.807, 2.05) is 0 Å². The predicted octanol–water partition coefficient (Wildman–Crippen LogP) is 15.2. The molecule has 1 nitrogen and oxygen atoms in total. The third kappa shape index (κ3) is 7.25. The van der Waals surface area contributed by atoms with Crippen LogP contribution in [0.5, 0.6) is 0 Å². The average Bonchev–Trinajstić information content (AvgIpc) is 3.28. The average molecular weight is 702 g/mol. The Hall–Kier alpha value is -7.22. The van der Waals surface area contributed by atoms with Crippen LogP contribution in [0.3, 0.4) is 0 Å². The summed E-state index contributed by atoms with van der Waals surface area (Å²) in [4.78, 5) is 2.39. The van der Waals surface area contributed by atoms with Crippen molar-refractivity contribution < 1.29 is 0 Å². The zero-order chi connectivity index (χ0) is 36.8. The Bertz CT molecular complexity index is 2610. The van der Waals surface area contributed by atoms with E-state index in [0.29, 0.717) is 0 Å². The fraction of sp³-hybridized carbons (Fsp3) is 0. The van der Waals surface area contributed by atoms with Crippen LogP contribution >= 0.6 is 0 Å². The van der Waals surface area contributed by atoms with Crippen molar-refractivity contribution in [3.05, 3.63) is 237 Å². The highest BCUT2D eigenvalue weighted by molar-refractivity contribution is 5.91. The third-order valence-electron chi connectivity index (χ3n) is 10.3. The van der Waals surface area contributed by atoms with Crippen LogP contribution in [0, 0.1) is 0 Å². The first-order chi connectivity index (χ1) is 27.3. The maximum absolute atomic E-state index is 2.39. The van der Waals surface area contributed by atoms with Crippen LogP contribution in [-0.2, 0) is 0 Å². The second-order valence-corrected chi connectivity index (χ2v) is 13.8. The molecule has 0 atom stereocenters. The molecule has 0 saturated carbocycles. The number of anilines is 3. The van der Waals surface area contributed by atoms with E-state index >= 15 is 0 Å². The highest BCUT2D eigenvalue weighted by Gasteiger charge is 2.19. The Kier molecular flexibility index (Phi) is 9.41. The number of hydrogen-bond donors (Lipinski definition) is 0. The molecule has 0 aliphatic carbocycles. The van der Waals surface area contributed by atoms with E-state index < -0.39 is 0 Å². The van der Waals surface area contributed by atoms with E-state index in [9.17, 15) is 0 Å². The van der Waals surface area contributed by atoms with Gasteiger partial charge in [0.05, 0.1) is 5.69 Å². The first-order valence-electron chi connectivity index (χ1n) is 18.8. The summed E-state index contributed by atoms with van der Waals surface area (Å²) in [6, 6.07) is 85.0. The second kappa shape index (κ2) is 15.4. The Morgan fingerprint density at radius 1 is 0.200 bits per heavy atom. The Balaban J connectivity index is 1.13. The van der Waals surface area contributed by atoms with Gasteiger partial charge in [0, 0.05) is 16.9 Å². The molecule has 0 bridgehead atoms. The van der Waals surface area contributed by atoms with Crippen molar-refractivity contribution in [3.63, 3.8) is 0 Å². The van der Waals surface area contributed by atoms with Crippen molar-refractivity contribution in [2.45, 2.75) is 0 Å². The molecule has 9 aromatic rings. The van der Waals surface area contributed by atoms with Crippen LogP contribution in [0.25, 0.3) is 66.8 Å². The molecule has 0 amide bonds. The molecule has 1 heteroatoms. The zero-order valence-electron chi connectivity index (χ0n) is 30.5. The minimum atomic E-state index is 1.09. The maximum Gasteiger partial charge on any atom is 0.0540 e. The lowest BCUT2D eigenvalue weighted by atomic mass is 9.95. The van der Waals surface area contributed by atoms with E-state index in [4.69, 9.17) is 0 Å². The van der Waals surface area contributed by atoms with E-state index in [-0.39, 0.29) is 0 Å². The Labute approximate surface area is 324 Å².